The van der Waals surface area contributed by atoms with Crippen molar-refractivity contribution in [3.05, 3.63) is 71.0 Å². The molecule has 2 aromatic carbocycles. The molecule has 0 bridgehead atoms. The van der Waals surface area contributed by atoms with Crippen LogP contribution in [0.2, 0.25) is 0 Å². The molecule has 1 aliphatic rings. The number of carbonyl (C=O) groups is 2. The molecular formula is C19H19FN2O3. The second-order valence-corrected chi connectivity index (χ2v) is 6.37. The van der Waals surface area contributed by atoms with Crippen molar-refractivity contribution in [3.63, 3.8) is 0 Å². The lowest BCUT2D eigenvalue weighted by Crippen LogP contribution is -2.41. The number of imide groups is 1. The molecule has 2 N–H and O–H groups in total. The molecule has 3 amide bonds. The number of aryl methyl sites for hydroxylation is 1. The quantitative estimate of drug-likeness (QED) is 0.839. The molecular weight excluding hydrogens is 323 g/mol. The first kappa shape index (κ1) is 17.1. The van der Waals surface area contributed by atoms with Gasteiger partial charge in [0.1, 0.15) is 11.4 Å². The summed E-state index contributed by atoms with van der Waals surface area (Å²) in [5.41, 5.74) is 0.530. The van der Waals surface area contributed by atoms with E-state index in [1.54, 1.807) is 25.1 Å². The number of amides is 3. The molecule has 2 atom stereocenters. The molecule has 3 rings (SSSR count). The van der Waals surface area contributed by atoms with Gasteiger partial charge in [-0.1, -0.05) is 48.0 Å². The lowest BCUT2D eigenvalue weighted by molar-refractivity contribution is -0.132. The van der Waals surface area contributed by atoms with Crippen molar-refractivity contribution in [1.82, 2.24) is 10.2 Å². The van der Waals surface area contributed by atoms with Gasteiger partial charge in [-0.3, -0.25) is 9.69 Å². The highest BCUT2D eigenvalue weighted by Crippen LogP contribution is 2.30. The first-order valence-electron chi connectivity index (χ1n) is 7.96. The van der Waals surface area contributed by atoms with Crippen molar-refractivity contribution in [2.75, 3.05) is 6.54 Å². The molecule has 25 heavy (non-hydrogen) atoms. The minimum absolute atomic E-state index is 0.0482. The highest BCUT2D eigenvalue weighted by Gasteiger charge is 2.49. The number of carbonyl (C=O) groups excluding carboxylic acids is 2. The van der Waals surface area contributed by atoms with Gasteiger partial charge in [-0.05, 0) is 25.5 Å². The fourth-order valence-corrected chi connectivity index (χ4v) is 2.96. The molecule has 0 spiro atoms. The number of hydrogen-bond donors (Lipinski definition) is 2. The minimum Gasteiger partial charge on any atom is -0.386 e. The largest absolute Gasteiger partial charge is 0.386 e. The Hall–Kier alpha value is -2.73. The summed E-state index contributed by atoms with van der Waals surface area (Å²) >= 11 is 0. The first-order chi connectivity index (χ1) is 11.8. The zero-order valence-electron chi connectivity index (χ0n) is 14.0. The van der Waals surface area contributed by atoms with E-state index >= 15 is 0 Å². The third-order valence-electron chi connectivity index (χ3n) is 4.52. The molecule has 0 radical (unpaired) electrons. The smallest absolute Gasteiger partial charge is 0.325 e. The van der Waals surface area contributed by atoms with Gasteiger partial charge in [-0.15, -0.1) is 0 Å². The average molecular weight is 342 g/mol. The van der Waals surface area contributed by atoms with Gasteiger partial charge in [0.05, 0.1) is 12.6 Å². The summed E-state index contributed by atoms with van der Waals surface area (Å²) in [6.45, 7) is 3.23. The molecule has 130 valence electrons. The topological polar surface area (TPSA) is 69.6 Å². The Labute approximate surface area is 145 Å². The van der Waals surface area contributed by atoms with E-state index in [-0.39, 0.29) is 12.1 Å². The van der Waals surface area contributed by atoms with Gasteiger partial charge in [0.2, 0.25) is 0 Å². The van der Waals surface area contributed by atoms with Crippen LogP contribution in [0, 0.1) is 12.7 Å². The maximum atomic E-state index is 13.8. The van der Waals surface area contributed by atoms with Crippen molar-refractivity contribution in [1.29, 1.82) is 0 Å². The van der Waals surface area contributed by atoms with E-state index in [4.69, 9.17) is 0 Å². The lowest BCUT2D eigenvalue weighted by Gasteiger charge is -2.23. The highest BCUT2D eigenvalue weighted by molar-refractivity contribution is 6.07. The van der Waals surface area contributed by atoms with Gasteiger partial charge in [-0.2, -0.15) is 0 Å². The monoisotopic (exact) mass is 342 g/mol. The minimum atomic E-state index is -1.30. The van der Waals surface area contributed by atoms with Gasteiger partial charge >= 0.3 is 6.03 Å². The molecule has 6 heteroatoms. The van der Waals surface area contributed by atoms with Crippen molar-refractivity contribution in [3.8, 4) is 0 Å². The van der Waals surface area contributed by atoms with Gasteiger partial charge in [0, 0.05) is 5.56 Å². The molecule has 1 fully saturated rings. The zero-order valence-corrected chi connectivity index (χ0v) is 14.0. The SMILES string of the molecule is Cc1ccc([C@]2(C)NC(=O)N(C[C@H](O)c3ccccc3F)C2=O)cc1. The predicted octanol–water partition coefficient (Wildman–Crippen LogP) is 2.63. The van der Waals surface area contributed by atoms with Gasteiger partial charge in [-0.25, -0.2) is 9.18 Å². The fraction of sp³-hybridized carbons (Fsp3) is 0.263. The first-order valence-corrected chi connectivity index (χ1v) is 7.96. The molecule has 1 aliphatic heterocycles. The summed E-state index contributed by atoms with van der Waals surface area (Å²) in [4.78, 5) is 26.0. The number of nitrogens with zero attached hydrogens (tertiary/aromatic N) is 1. The summed E-state index contributed by atoms with van der Waals surface area (Å²) in [5.74, 6) is -1.06. The van der Waals surface area contributed by atoms with E-state index in [2.05, 4.69) is 5.32 Å². The number of aliphatic hydroxyl groups is 1. The fourth-order valence-electron chi connectivity index (χ4n) is 2.96. The Bertz CT molecular complexity index is 822. The Morgan fingerprint density at radius 2 is 1.80 bits per heavy atom. The standard InChI is InChI=1S/C19H19FN2O3/c1-12-7-9-13(10-8-12)19(2)17(24)22(18(25)21-19)11-16(23)14-5-3-4-6-15(14)20/h3-10,16,23H,11H2,1-2H3,(H,21,25)/t16-,19-/m0/s1. The van der Waals surface area contributed by atoms with Crippen LogP contribution in [0.3, 0.4) is 0 Å². The molecule has 1 heterocycles. The normalized spacial score (nSPS) is 21.4. The maximum Gasteiger partial charge on any atom is 0.325 e. The molecule has 5 nitrogen and oxygen atoms in total. The van der Waals surface area contributed by atoms with Crippen LogP contribution in [0.4, 0.5) is 9.18 Å². The van der Waals surface area contributed by atoms with Gasteiger partial charge < -0.3 is 10.4 Å². The summed E-state index contributed by atoms with van der Waals surface area (Å²) < 4.78 is 13.8. The number of β-amino-alcohol motifs (C(OH)–C–C–N with tert-alkyl or cyclic N) is 1. The number of hydrogen-bond acceptors (Lipinski definition) is 3. The van der Waals surface area contributed by atoms with E-state index in [0.717, 1.165) is 10.5 Å². The van der Waals surface area contributed by atoms with E-state index in [1.807, 2.05) is 19.1 Å². The summed E-state index contributed by atoms with van der Waals surface area (Å²) in [7, 11) is 0. The van der Waals surface area contributed by atoms with Crippen LogP contribution in [0.1, 0.15) is 29.7 Å². The predicted molar refractivity (Wildman–Crippen MR) is 90.1 cm³/mol. The van der Waals surface area contributed by atoms with Crippen LogP contribution >= 0.6 is 0 Å². The highest BCUT2D eigenvalue weighted by atomic mass is 19.1. The maximum absolute atomic E-state index is 13.8. The van der Waals surface area contributed by atoms with Crippen LogP contribution in [0.25, 0.3) is 0 Å². The molecule has 2 aromatic rings. The van der Waals surface area contributed by atoms with Crippen molar-refractivity contribution < 1.29 is 19.1 Å². The summed E-state index contributed by atoms with van der Waals surface area (Å²) in [6, 6.07) is 12.4. The van der Waals surface area contributed by atoms with E-state index in [0.29, 0.717) is 5.56 Å². The second kappa shape index (κ2) is 6.29. The number of nitrogens with one attached hydrogen (secondary N) is 1. The molecule has 1 saturated heterocycles. The number of urea groups is 1. The zero-order chi connectivity index (χ0) is 18.2. The average Bonchev–Trinajstić information content (AvgIpc) is 2.80. The van der Waals surface area contributed by atoms with E-state index in [1.165, 1.54) is 18.2 Å². The Balaban J connectivity index is 1.84. The summed E-state index contributed by atoms with van der Waals surface area (Å²) in [5, 5.41) is 12.9. The Kier molecular flexibility index (Phi) is 4.30. The van der Waals surface area contributed by atoms with Crippen LogP contribution in [0.5, 0.6) is 0 Å². The van der Waals surface area contributed by atoms with Crippen LogP contribution in [-0.4, -0.2) is 28.5 Å². The third kappa shape index (κ3) is 3.00. The Morgan fingerprint density at radius 3 is 2.44 bits per heavy atom. The van der Waals surface area contributed by atoms with Crippen molar-refractivity contribution >= 4 is 11.9 Å². The number of benzene rings is 2. The van der Waals surface area contributed by atoms with Crippen molar-refractivity contribution in [2.45, 2.75) is 25.5 Å². The molecule has 0 unspecified atom stereocenters. The summed E-state index contributed by atoms with van der Waals surface area (Å²) in [6.07, 6.45) is -1.30. The van der Waals surface area contributed by atoms with Gasteiger partial charge in [0.15, 0.2) is 0 Å². The van der Waals surface area contributed by atoms with Crippen LogP contribution in [0.15, 0.2) is 48.5 Å². The number of rotatable bonds is 4. The number of halogens is 1. The van der Waals surface area contributed by atoms with Crippen molar-refractivity contribution in [2.24, 2.45) is 0 Å². The van der Waals surface area contributed by atoms with E-state index in [9.17, 15) is 19.1 Å². The lowest BCUT2D eigenvalue weighted by atomic mass is 9.91. The second-order valence-electron chi connectivity index (χ2n) is 6.37. The molecule has 0 saturated carbocycles. The molecule has 0 aliphatic carbocycles. The number of aliphatic hydroxyl groups excluding tert-OH is 1. The van der Waals surface area contributed by atoms with Crippen LogP contribution in [-0.2, 0) is 10.3 Å². The van der Waals surface area contributed by atoms with Gasteiger partial charge in [0.25, 0.3) is 5.91 Å². The third-order valence-corrected chi connectivity index (χ3v) is 4.52. The molecule has 0 aromatic heterocycles. The van der Waals surface area contributed by atoms with Crippen LogP contribution < -0.4 is 5.32 Å². The van der Waals surface area contributed by atoms with E-state index < -0.39 is 29.4 Å². The Morgan fingerprint density at radius 1 is 1.16 bits per heavy atom.